The van der Waals surface area contributed by atoms with Gasteiger partial charge in [-0.25, -0.2) is 9.67 Å². The number of allylic oxidation sites excluding steroid dienone is 4. The van der Waals surface area contributed by atoms with Crippen LogP contribution in [0.5, 0.6) is 0 Å². The molecule has 2 atom stereocenters. The highest BCUT2D eigenvalue weighted by molar-refractivity contribution is 5.84. The van der Waals surface area contributed by atoms with Gasteiger partial charge in [-0.05, 0) is 55.2 Å². The minimum Gasteiger partial charge on any atom is -0.331 e. The number of nitrogens with zero attached hydrogens (tertiary/aromatic N) is 3. The van der Waals surface area contributed by atoms with Crippen LogP contribution in [0.3, 0.4) is 0 Å². The predicted molar refractivity (Wildman–Crippen MR) is 129 cm³/mol. The molecule has 164 valence electrons. The number of halogens is 1. The van der Waals surface area contributed by atoms with Crippen LogP contribution in [0.2, 0.25) is 0 Å². The average Bonchev–Trinajstić information content (AvgIpc) is 3.28. The van der Waals surface area contributed by atoms with Gasteiger partial charge in [0.2, 0.25) is 5.96 Å². The van der Waals surface area contributed by atoms with Crippen molar-refractivity contribution in [1.82, 2.24) is 20.4 Å². The molecule has 6 heteroatoms. The molecule has 1 saturated heterocycles. The maximum atomic E-state index is 13.4. The Morgan fingerprint density at radius 2 is 2.09 bits per heavy atom. The molecule has 3 rings (SSSR count). The monoisotopic (exact) mass is 429 g/mol. The zero-order valence-electron chi connectivity index (χ0n) is 18.3. The second-order valence-electron chi connectivity index (χ2n) is 7.50. The quantitative estimate of drug-likeness (QED) is 0.292. The van der Waals surface area contributed by atoms with Gasteiger partial charge in [0.25, 0.3) is 0 Å². The van der Waals surface area contributed by atoms with Crippen molar-refractivity contribution in [2.45, 2.75) is 31.7 Å². The molecule has 1 aromatic heterocycles. The standard InChI is InChI=1S/C26H28FN5/c1-5-22(27)15-13-19(4)24-17-25(32(31-24)26(28-6-2)29-7-3)21-14-16-23(30-18-21)20-11-9-8-10-12-20/h1,6-13,15,17,21,23,30H,2-3,14,16,18H2,4H3,(H,28,29). The maximum absolute atomic E-state index is 13.4. The number of benzene rings is 1. The summed E-state index contributed by atoms with van der Waals surface area (Å²) in [6.45, 7) is 10.1. The molecule has 0 radical (unpaired) electrons. The first kappa shape index (κ1) is 23.0. The van der Waals surface area contributed by atoms with Gasteiger partial charge in [0, 0.05) is 24.7 Å². The maximum Gasteiger partial charge on any atom is 0.228 e. The van der Waals surface area contributed by atoms with Gasteiger partial charge in [-0.2, -0.15) is 9.49 Å². The van der Waals surface area contributed by atoms with Crippen molar-refractivity contribution in [3.8, 4) is 12.3 Å². The van der Waals surface area contributed by atoms with E-state index in [0.29, 0.717) is 17.7 Å². The number of hydrogen-bond acceptors (Lipinski definition) is 3. The van der Waals surface area contributed by atoms with Crippen molar-refractivity contribution < 1.29 is 4.39 Å². The van der Waals surface area contributed by atoms with E-state index >= 15 is 0 Å². The highest BCUT2D eigenvalue weighted by atomic mass is 19.1. The van der Waals surface area contributed by atoms with E-state index in [9.17, 15) is 4.39 Å². The minimum absolute atomic E-state index is 0.226. The van der Waals surface area contributed by atoms with Crippen LogP contribution < -0.4 is 10.6 Å². The molecule has 1 fully saturated rings. The SMILES string of the molecule is C#CC(F)=CC=C(C)c1cc(C2CCC(c3ccccc3)NC2)n(C(=NC=C)NC=C)n1. The fourth-order valence-corrected chi connectivity index (χ4v) is 3.79. The summed E-state index contributed by atoms with van der Waals surface area (Å²) in [5.41, 5.74) is 3.80. The van der Waals surface area contributed by atoms with Crippen molar-refractivity contribution in [3.05, 3.63) is 96.9 Å². The molecule has 2 unspecified atom stereocenters. The Morgan fingerprint density at radius 1 is 1.31 bits per heavy atom. The first-order valence-electron chi connectivity index (χ1n) is 10.5. The van der Waals surface area contributed by atoms with Crippen LogP contribution in [-0.2, 0) is 0 Å². The fourth-order valence-electron chi connectivity index (χ4n) is 3.79. The molecule has 0 saturated carbocycles. The molecule has 32 heavy (non-hydrogen) atoms. The molecule has 0 amide bonds. The second kappa shape index (κ2) is 11.1. The summed E-state index contributed by atoms with van der Waals surface area (Å²) >= 11 is 0. The normalized spacial score (nSPS) is 19.8. The van der Waals surface area contributed by atoms with Gasteiger partial charge in [0.05, 0.1) is 11.4 Å². The molecule has 0 aliphatic carbocycles. The lowest BCUT2D eigenvalue weighted by atomic mass is 9.89. The molecule has 1 aliphatic heterocycles. The van der Waals surface area contributed by atoms with Crippen LogP contribution in [0.4, 0.5) is 4.39 Å². The Kier molecular flexibility index (Phi) is 7.96. The molecule has 2 aromatic rings. The summed E-state index contributed by atoms with van der Waals surface area (Å²) in [5, 5.41) is 11.4. The highest BCUT2D eigenvalue weighted by Crippen LogP contribution is 2.32. The lowest BCUT2D eigenvalue weighted by molar-refractivity contribution is 0.367. The lowest BCUT2D eigenvalue weighted by Crippen LogP contribution is -2.35. The van der Waals surface area contributed by atoms with Gasteiger partial charge in [-0.15, -0.1) is 6.42 Å². The Hall–Kier alpha value is -3.69. The average molecular weight is 430 g/mol. The van der Waals surface area contributed by atoms with Crippen LogP contribution in [0.25, 0.3) is 5.57 Å². The Balaban J connectivity index is 1.92. The van der Waals surface area contributed by atoms with Gasteiger partial charge >= 0.3 is 0 Å². The third-order valence-corrected chi connectivity index (χ3v) is 5.44. The summed E-state index contributed by atoms with van der Waals surface area (Å²) in [4.78, 5) is 4.32. The molecule has 1 aromatic carbocycles. The molecule has 2 heterocycles. The van der Waals surface area contributed by atoms with E-state index in [1.807, 2.05) is 25.0 Å². The molecular formula is C26H28FN5. The van der Waals surface area contributed by atoms with Crippen LogP contribution >= 0.6 is 0 Å². The van der Waals surface area contributed by atoms with E-state index in [0.717, 1.165) is 30.7 Å². The van der Waals surface area contributed by atoms with E-state index in [-0.39, 0.29) is 5.92 Å². The first-order valence-corrected chi connectivity index (χ1v) is 10.5. The summed E-state index contributed by atoms with van der Waals surface area (Å²) in [6, 6.07) is 12.8. The van der Waals surface area contributed by atoms with Crippen molar-refractivity contribution in [2.75, 3.05) is 6.54 Å². The third-order valence-electron chi connectivity index (χ3n) is 5.44. The van der Waals surface area contributed by atoms with Crippen LogP contribution in [0.15, 0.2) is 84.9 Å². The Labute approximate surface area is 189 Å². The summed E-state index contributed by atoms with van der Waals surface area (Å²) in [6.07, 6.45) is 13.0. The summed E-state index contributed by atoms with van der Waals surface area (Å²) < 4.78 is 15.2. The first-order chi connectivity index (χ1) is 15.6. The largest absolute Gasteiger partial charge is 0.331 e. The zero-order chi connectivity index (χ0) is 22.9. The number of aromatic nitrogens is 2. The van der Waals surface area contributed by atoms with E-state index in [1.54, 1.807) is 17.0 Å². The highest BCUT2D eigenvalue weighted by Gasteiger charge is 2.27. The minimum atomic E-state index is -0.630. The van der Waals surface area contributed by atoms with Crippen molar-refractivity contribution in [1.29, 1.82) is 0 Å². The number of aliphatic imine (C=N–C) groups is 1. The summed E-state index contributed by atoms with van der Waals surface area (Å²) in [7, 11) is 0. The second-order valence-corrected chi connectivity index (χ2v) is 7.50. The molecule has 1 aliphatic rings. The molecule has 0 spiro atoms. The third kappa shape index (κ3) is 5.51. The van der Waals surface area contributed by atoms with Crippen molar-refractivity contribution in [2.24, 2.45) is 4.99 Å². The molecule has 0 bridgehead atoms. The number of hydrogen-bond donors (Lipinski definition) is 2. The fraction of sp³-hybridized carbons (Fsp3) is 0.231. The van der Waals surface area contributed by atoms with E-state index in [2.05, 4.69) is 53.0 Å². The Morgan fingerprint density at radius 3 is 2.72 bits per heavy atom. The Bertz CT molecular complexity index is 1080. The van der Waals surface area contributed by atoms with Crippen molar-refractivity contribution in [3.63, 3.8) is 0 Å². The zero-order valence-corrected chi connectivity index (χ0v) is 18.3. The number of piperidine rings is 1. The van der Waals surface area contributed by atoms with E-state index < -0.39 is 5.83 Å². The van der Waals surface area contributed by atoms with E-state index in [1.165, 1.54) is 17.8 Å². The molecule has 2 N–H and O–H groups in total. The molecular weight excluding hydrogens is 401 g/mol. The van der Waals surface area contributed by atoms with Gasteiger partial charge < -0.3 is 10.6 Å². The van der Waals surface area contributed by atoms with Crippen LogP contribution in [-0.4, -0.2) is 22.3 Å². The number of terminal acetylenes is 1. The van der Waals surface area contributed by atoms with Gasteiger partial charge in [-0.3, -0.25) is 0 Å². The lowest BCUT2D eigenvalue weighted by Gasteiger charge is -2.30. The topological polar surface area (TPSA) is 54.2 Å². The van der Waals surface area contributed by atoms with Gasteiger partial charge in [0.15, 0.2) is 5.83 Å². The molecule has 5 nitrogen and oxygen atoms in total. The van der Waals surface area contributed by atoms with Gasteiger partial charge in [-0.1, -0.05) is 49.6 Å². The smallest absolute Gasteiger partial charge is 0.228 e. The number of rotatable bonds is 6. The van der Waals surface area contributed by atoms with Crippen molar-refractivity contribution >= 4 is 11.5 Å². The van der Waals surface area contributed by atoms with Crippen LogP contribution in [0.1, 0.15) is 48.7 Å². The summed E-state index contributed by atoms with van der Waals surface area (Å²) in [5.74, 6) is 2.07. The number of nitrogens with one attached hydrogen (secondary N) is 2. The van der Waals surface area contributed by atoms with Crippen LogP contribution in [0, 0.1) is 12.3 Å². The van der Waals surface area contributed by atoms with Gasteiger partial charge in [0.1, 0.15) is 0 Å². The predicted octanol–water partition coefficient (Wildman–Crippen LogP) is 5.06. The van der Waals surface area contributed by atoms with E-state index in [4.69, 9.17) is 11.5 Å².